The van der Waals surface area contributed by atoms with E-state index in [0.717, 1.165) is 12.5 Å². The van der Waals surface area contributed by atoms with Crippen LogP contribution in [0.1, 0.15) is 62.6 Å². The average molecular weight is 295 g/mol. The fourth-order valence-corrected chi connectivity index (χ4v) is 4.61. The number of unbranched alkanes of at least 4 members (excludes halogenated alkanes) is 1. The van der Waals surface area contributed by atoms with Gasteiger partial charge in [0.2, 0.25) is 0 Å². The molecule has 114 valence electrons. The Morgan fingerprint density at radius 2 is 2.15 bits per heavy atom. The van der Waals surface area contributed by atoms with Crippen molar-refractivity contribution in [1.82, 2.24) is 10.3 Å². The second kappa shape index (κ2) is 7.56. The van der Waals surface area contributed by atoms with Crippen molar-refractivity contribution in [2.75, 3.05) is 13.6 Å². The highest BCUT2D eigenvalue weighted by Crippen LogP contribution is 2.42. The maximum absolute atomic E-state index is 4.69. The van der Waals surface area contributed by atoms with E-state index in [9.17, 15) is 0 Å². The fourth-order valence-electron chi connectivity index (χ4n) is 3.67. The van der Waals surface area contributed by atoms with Crippen molar-refractivity contribution in [3.05, 3.63) is 16.1 Å². The van der Waals surface area contributed by atoms with Gasteiger partial charge in [0.05, 0.1) is 5.01 Å². The lowest BCUT2D eigenvalue weighted by Gasteiger charge is -2.40. The molecule has 3 heteroatoms. The van der Waals surface area contributed by atoms with Gasteiger partial charge in [-0.05, 0) is 51.0 Å². The van der Waals surface area contributed by atoms with Crippen molar-refractivity contribution in [2.24, 2.45) is 11.3 Å². The Hall–Kier alpha value is -0.410. The molecule has 0 bridgehead atoms. The van der Waals surface area contributed by atoms with Gasteiger partial charge in [0, 0.05) is 24.0 Å². The standard InChI is InChI=1S/C17H30N2S/c1-4-5-6-15-7-9-17(10-8-15,13-18-3)11-16-19-14(2)12-20-16/h12,15,18H,4-11,13H2,1-3H3. The molecule has 0 atom stereocenters. The first-order valence-electron chi connectivity index (χ1n) is 8.23. The molecule has 1 fully saturated rings. The van der Waals surface area contributed by atoms with Gasteiger partial charge in [0.25, 0.3) is 0 Å². The summed E-state index contributed by atoms with van der Waals surface area (Å²) in [5, 5.41) is 6.97. The van der Waals surface area contributed by atoms with Gasteiger partial charge in [-0.15, -0.1) is 11.3 Å². The second-order valence-electron chi connectivity index (χ2n) is 6.68. The summed E-state index contributed by atoms with van der Waals surface area (Å²) < 4.78 is 0. The molecule has 20 heavy (non-hydrogen) atoms. The van der Waals surface area contributed by atoms with Crippen LogP contribution in [0, 0.1) is 18.3 Å². The first-order chi connectivity index (χ1) is 9.67. The molecule has 0 aromatic carbocycles. The summed E-state index contributed by atoms with van der Waals surface area (Å²) in [5.74, 6) is 0.984. The van der Waals surface area contributed by atoms with Crippen LogP contribution in [0.15, 0.2) is 5.38 Å². The van der Waals surface area contributed by atoms with Crippen molar-refractivity contribution >= 4 is 11.3 Å². The maximum atomic E-state index is 4.69. The number of aryl methyl sites for hydroxylation is 1. The normalized spacial score (nSPS) is 26.9. The first kappa shape index (κ1) is 16.0. The lowest BCUT2D eigenvalue weighted by Crippen LogP contribution is -2.38. The van der Waals surface area contributed by atoms with Crippen LogP contribution < -0.4 is 5.32 Å². The molecule has 0 radical (unpaired) electrons. The molecule has 1 saturated carbocycles. The van der Waals surface area contributed by atoms with Crippen LogP contribution >= 0.6 is 11.3 Å². The molecule has 1 N–H and O–H groups in total. The Morgan fingerprint density at radius 1 is 1.40 bits per heavy atom. The van der Waals surface area contributed by atoms with Crippen molar-refractivity contribution in [1.29, 1.82) is 0 Å². The number of rotatable bonds is 7. The van der Waals surface area contributed by atoms with Gasteiger partial charge in [-0.1, -0.05) is 26.2 Å². The van der Waals surface area contributed by atoms with Crippen LogP contribution in [-0.2, 0) is 6.42 Å². The Labute approximate surface area is 128 Å². The summed E-state index contributed by atoms with van der Waals surface area (Å²) in [6, 6.07) is 0. The van der Waals surface area contributed by atoms with Gasteiger partial charge < -0.3 is 5.32 Å². The molecule has 0 spiro atoms. The van der Waals surface area contributed by atoms with Crippen LogP contribution in [0.3, 0.4) is 0 Å². The molecule has 1 aliphatic rings. The maximum Gasteiger partial charge on any atom is 0.0934 e. The molecular weight excluding hydrogens is 264 g/mol. The zero-order valence-electron chi connectivity index (χ0n) is 13.4. The van der Waals surface area contributed by atoms with Gasteiger partial charge in [-0.25, -0.2) is 4.98 Å². The molecule has 2 rings (SSSR count). The topological polar surface area (TPSA) is 24.9 Å². The van der Waals surface area contributed by atoms with Crippen LogP contribution in [-0.4, -0.2) is 18.6 Å². The highest BCUT2D eigenvalue weighted by atomic mass is 32.1. The van der Waals surface area contributed by atoms with Crippen molar-refractivity contribution < 1.29 is 0 Å². The third kappa shape index (κ3) is 4.29. The molecule has 0 unspecified atom stereocenters. The van der Waals surface area contributed by atoms with E-state index in [1.54, 1.807) is 0 Å². The average Bonchev–Trinajstić information content (AvgIpc) is 2.84. The number of thiazole rings is 1. The molecule has 0 amide bonds. The summed E-state index contributed by atoms with van der Waals surface area (Å²) in [6.07, 6.45) is 11.0. The number of hydrogen-bond donors (Lipinski definition) is 1. The lowest BCUT2D eigenvalue weighted by atomic mass is 9.67. The van der Waals surface area contributed by atoms with Crippen LogP contribution in [0.25, 0.3) is 0 Å². The summed E-state index contributed by atoms with van der Waals surface area (Å²) in [5.41, 5.74) is 1.64. The molecule has 0 aliphatic heterocycles. The highest BCUT2D eigenvalue weighted by molar-refractivity contribution is 7.09. The number of aromatic nitrogens is 1. The molecule has 1 aliphatic carbocycles. The lowest BCUT2D eigenvalue weighted by molar-refractivity contribution is 0.141. The molecule has 1 heterocycles. The number of nitrogens with one attached hydrogen (secondary N) is 1. The summed E-state index contributed by atoms with van der Waals surface area (Å²) in [7, 11) is 2.10. The van der Waals surface area contributed by atoms with Crippen LogP contribution in [0.4, 0.5) is 0 Å². The minimum Gasteiger partial charge on any atom is -0.319 e. The first-order valence-corrected chi connectivity index (χ1v) is 9.11. The predicted molar refractivity (Wildman–Crippen MR) is 88.4 cm³/mol. The van der Waals surface area contributed by atoms with Crippen LogP contribution in [0.5, 0.6) is 0 Å². The van der Waals surface area contributed by atoms with E-state index in [1.807, 2.05) is 11.3 Å². The van der Waals surface area contributed by atoms with Gasteiger partial charge in [0.1, 0.15) is 0 Å². The third-order valence-corrected chi connectivity index (χ3v) is 5.84. The summed E-state index contributed by atoms with van der Waals surface area (Å²) in [4.78, 5) is 4.69. The van der Waals surface area contributed by atoms with Crippen molar-refractivity contribution in [3.63, 3.8) is 0 Å². The Balaban J connectivity index is 1.94. The Morgan fingerprint density at radius 3 is 2.70 bits per heavy atom. The third-order valence-electron chi connectivity index (χ3n) is 4.88. The second-order valence-corrected chi connectivity index (χ2v) is 7.62. The molecule has 1 aromatic heterocycles. The zero-order chi connectivity index (χ0) is 14.4. The summed E-state index contributed by atoms with van der Waals surface area (Å²) in [6.45, 7) is 5.55. The van der Waals surface area contributed by atoms with Crippen molar-refractivity contribution in [2.45, 2.75) is 65.2 Å². The summed E-state index contributed by atoms with van der Waals surface area (Å²) >= 11 is 1.84. The quantitative estimate of drug-likeness (QED) is 0.796. The Bertz CT molecular complexity index is 391. The van der Waals surface area contributed by atoms with E-state index in [0.29, 0.717) is 5.41 Å². The van der Waals surface area contributed by atoms with E-state index in [1.165, 1.54) is 62.1 Å². The van der Waals surface area contributed by atoms with E-state index in [2.05, 4.69) is 31.6 Å². The number of hydrogen-bond acceptors (Lipinski definition) is 3. The molecule has 0 saturated heterocycles. The zero-order valence-corrected chi connectivity index (χ0v) is 14.2. The minimum atomic E-state index is 0.460. The van der Waals surface area contributed by atoms with Gasteiger partial charge >= 0.3 is 0 Å². The Kier molecular flexibility index (Phi) is 6.03. The van der Waals surface area contributed by atoms with Gasteiger partial charge in [-0.2, -0.15) is 0 Å². The SMILES string of the molecule is CCCCC1CCC(CNC)(Cc2nc(C)cs2)CC1. The van der Waals surface area contributed by atoms with Gasteiger partial charge in [0.15, 0.2) is 0 Å². The fraction of sp³-hybridized carbons (Fsp3) is 0.824. The monoisotopic (exact) mass is 294 g/mol. The minimum absolute atomic E-state index is 0.460. The smallest absolute Gasteiger partial charge is 0.0934 e. The highest BCUT2D eigenvalue weighted by Gasteiger charge is 2.35. The van der Waals surface area contributed by atoms with E-state index in [-0.39, 0.29) is 0 Å². The van der Waals surface area contributed by atoms with E-state index in [4.69, 9.17) is 4.98 Å². The molecule has 2 nitrogen and oxygen atoms in total. The largest absolute Gasteiger partial charge is 0.319 e. The molecule has 1 aromatic rings. The molecular formula is C17H30N2S. The predicted octanol–water partition coefficient (Wildman–Crippen LogP) is 4.58. The van der Waals surface area contributed by atoms with Crippen LogP contribution in [0.2, 0.25) is 0 Å². The van der Waals surface area contributed by atoms with Crippen molar-refractivity contribution in [3.8, 4) is 0 Å². The van der Waals surface area contributed by atoms with Gasteiger partial charge in [-0.3, -0.25) is 0 Å². The van der Waals surface area contributed by atoms with E-state index < -0.39 is 0 Å². The van der Waals surface area contributed by atoms with E-state index >= 15 is 0 Å². The number of nitrogens with zero attached hydrogens (tertiary/aromatic N) is 1.